The summed E-state index contributed by atoms with van der Waals surface area (Å²) in [6.07, 6.45) is -0.338. The number of nitrogens with one attached hydrogen (secondary N) is 1. The number of aromatic carboxylic acids is 1. The fourth-order valence-corrected chi connectivity index (χ4v) is 2.73. The first-order valence-electron chi connectivity index (χ1n) is 8.94. The predicted octanol–water partition coefficient (Wildman–Crippen LogP) is 3.19. The third kappa shape index (κ3) is 5.23. The number of nitrogens with zero attached hydrogens (tertiary/aromatic N) is 1. The Morgan fingerprint density at radius 2 is 1.37 bits per heavy atom. The van der Waals surface area contributed by atoms with Crippen molar-refractivity contribution in [1.82, 2.24) is 4.68 Å². The van der Waals surface area contributed by atoms with Gasteiger partial charge in [-0.05, 0) is 12.1 Å². The van der Waals surface area contributed by atoms with Crippen molar-refractivity contribution in [2.24, 2.45) is 0 Å². The molecule has 0 aliphatic rings. The quantitative estimate of drug-likeness (QED) is 0.159. The predicted molar refractivity (Wildman–Crippen MR) is 103 cm³/mol. The zero-order valence-electron chi connectivity index (χ0n) is 17.1. The summed E-state index contributed by atoms with van der Waals surface area (Å²) in [7, 11) is 1.30. The average molecular weight is 508 g/mol. The van der Waals surface area contributed by atoms with E-state index >= 15 is 0 Å². The minimum absolute atomic E-state index is 0.124. The van der Waals surface area contributed by atoms with E-state index in [-0.39, 0.29) is 6.07 Å². The fraction of sp³-hybridized carbons (Fsp3) is 0.100. The third-order valence-corrected chi connectivity index (χ3v) is 4.31. The molecule has 0 unspecified atom stereocenters. The number of benzene rings is 2. The Morgan fingerprint density at radius 1 is 0.829 bits per heavy atom. The van der Waals surface area contributed by atoms with Gasteiger partial charge in [0.25, 0.3) is 0 Å². The van der Waals surface area contributed by atoms with Gasteiger partial charge in [-0.3, -0.25) is 19.1 Å². The van der Waals surface area contributed by atoms with E-state index in [2.05, 4.69) is 5.43 Å². The molecular weight excluding hydrogens is 497 g/mol. The Balaban J connectivity index is 0.000000251. The summed E-state index contributed by atoms with van der Waals surface area (Å²) in [5.41, 5.74) is -1.10. The molecule has 2 aromatic carbocycles. The van der Waals surface area contributed by atoms with Crippen LogP contribution in [0.4, 0.5) is 30.7 Å². The average Bonchev–Trinajstić information content (AvgIpc) is 2.78. The molecule has 0 aliphatic carbocycles. The van der Waals surface area contributed by atoms with E-state index in [4.69, 9.17) is 10.2 Å². The van der Waals surface area contributed by atoms with Crippen LogP contribution in [0.1, 0.15) is 27.1 Å². The maximum atomic E-state index is 13.7. The first kappa shape index (κ1) is 26.8. The van der Waals surface area contributed by atoms with Gasteiger partial charge in [-0.2, -0.15) is 0 Å². The van der Waals surface area contributed by atoms with Crippen molar-refractivity contribution in [2.45, 2.75) is 6.42 Å². The minimum Gasteiger partial charge on any atom is -0.481 e. The molecule has 0 bridgehead atoms. The first-order chi connectivity index (χ1) is 16.2. The van der Waals surface area contributed by atoms with Gasteiger partial charge in [-0.1, -0.05) is 0 Å². The van der Waals surface area contributed by atoms with E-state index in [1.165, 1.54) is 7.05 Å². The van der Waals surface area contributed by atoms with E-state index in [0.717, 1.165) is 10.9 Å². The minimum atomic E-state index is -2.14. The highest BCUT2D eigenvalue weighted by Gasteiger charge is 2.24. The van der Waals surface area contributed by atoms with Crippen LogP contribution in [0.25, 0.3) is 10.9 Å². The number of carboxylic acids is 2. The topological polar surface area (TPSA) is 126 Å². The Bertz CT molecular complexity index is 1440. The number of ketones is 1. The van der Waals surface area contributed by atoms with Crippen LogP contribution in [0, 0.1) is 40.7 Å². The smallest absolute Gasteiger partial charge is 0.341 e. The first-order valence-corrected chi connectivity index (χ1v) is 8.94. The van der Waals surface area contributed by atoms with Crippen LogP contribution in [0.15, 0.2) is 23.1 Å². The number of fused-ring (bicyclic) bond motifs is 1. The molecule has 8 nitrogen and oxygen atoms in total. The van der Waals surface area contributed by atoms with Crippen LogP contribution in [-0.2, 0) is 4.79 Å². The molecule has 0 amide bonds. The summed E-state index contributed by atoms with van der Waals surface area (Å²) >= 11 is 0. The Hall–Kier alpha value is -4.43. The molecule has 186 valence electrons. The summed E-state index contributed by atoms with van der Waals surface area (Å²) in [5.74, 6) is -17.2. The van der Waals surface area contributed by atoms with Crippen LogP contribution in [0.2, 0.25) is 0 Å². The van der Waals surface area contributed by atoms with Gasteiger partial charge in [0.1, 0.15) is 17.5 Å². The molecule has 0 radical (unpaired) electrons. The molecule has 3 rings (SSSR count). The maximum absolute atomic E-state index is 13.7. The molecule has 0 saturated carbocycles. The standard InChI is InChI=1S/C11H7F3N2O3.C9H4F4O3/c1-15-16-3-5(11(18)19)10(17)4-2-6(12)7(13)8(14)9(4)16;10-4-1-3(5(14)2-6(15)16)7(11)9(13)8(4)12/h2-3,15H,1H3,(H,18,19);1H,2H2,(H,15,16). The summed E-state index contributed by atoms with van der Waals surface area (Å²) in [4.78, 5) is 43.8. The number of hydrogen-bond donors (Lipinski definition) is 3. The highest BCUT2D eigenvalue weighted by atomic mass is 19.2. The Kier molecular flexibility index (Phi) is 7.84. The molecule has 0 aliphatic heterocycles. The monoisotopic (exact) mass is 508 g/mol. The van der Waals surface area contributed by atoms with Crippen molar-refractivity contribution in [3.63, 3.8) is 0 Å². The van der Waals surface area contributed by atoms with E-state index < -0.39 is 92.3 Å². The lowest BCUT2D eigenvalue weighted by molar-refractivity contribution is -0.135. The second-order valence-corrected chi connectivity index (χ2v) is 6.49. The number of hydrogen-bond acceptors (Lipinski definition) is 5. The number of rotatable bonds is 5. The molecular formula is C20H11F7N2O6. The van der Waals surface area contributed by atoms with Gasteiger partial charge in [-0.15, -0.1) is 0 Å². The molecule has 0 fully saturated rings. The van der Waals surface area contributed by atoms with Crippen LogP contribution in [0.5, 0.6) is 0 Å². The van der Waals surface area contributed by atoms with Crippen molar-refractivity contribution in [1.29, 1.82) is 0 Å². The second kappa shape index (κ2) is 10.2. The van der Waals surface area contributed by atoms with Crippen molar-refractivity contribution in [3.05, 3.63) is 80.4 Å². The zero-order valence-corrected chi connectivity index (χ0v) is 17.1. The number of aliphatic carboxylic acids is 1. The third-order valence-electron chi connectivity index (χ3n) is 4.31. The van der Waals surface area contributed by atoms with Crippen LogP contribution >= 0.6 is 0 Å². The maximum Gasteiger partial charge on any atom is 0.341 e. The number of carbonyl (C=O) groups is 3. The lowest BCUT2D eigenvalue weighted by Crippen LogP contribution is -2.23. The zero-order chi connectivity index (χ0) is 26.8. The molecule has 0 spiro atoms. The van der Waals surface area contributed by atoms with Gasteiger partial charge < -0.3 is 15.6 Å². The molecule has 1 heterocycles. The molecule has 0 atom stereocenters. The normalized spacial score (nSPS) is 10.5. The van der Waals surface area contributed by atoms with Crippen molar-refractivity contribution < 1.29 is 55.3 Å². The number of pyridine rings is 1. The number of halogens is 7. The van der Waals surface area contributed by atoms with Gasteiger partial charge in [0.2, 0.25) is 5.43 Å². The summed E-state index contributed by atoms with van der Waals surface area (Å²) < 4.78 is 91.5. The Labute approximate surface area is 188 Å². The van der Waals surface area contributed by atoms with E-state index in [1.54, 1.807) is 0 Å². The largest absolute Gasteiger partial charge is 0.481 e. The molecule has 0 saturated heterocycles. The summed E-state index contributed by atoms with van der Waals surface area (Å²) in [6.45, 7) is 0. The summed E-state index contributed by atoms with van der Waals surface area (Å²) in [5, 5.41) is 16.5. The number of Topliss-reactive ketones (excluding diaryl/α,β-unsaturated/α-hetero) is 1. The van der Waals surface area contributed by atoms with E-state index in [0.29, 0.717) is 6.07 Å². The van der Waals surface area contributed by atoms with Gasteiger partial charge >= 0.3 is 11.9 Å². The highest BCUT2D eigenvalue weighted by Crippen LogP contribution is 2.21. The SMILES string of the molecule is CNn1cc(C(=O)O)c(=O)c2cc(F)c(F)c(F)c21.O=C(O)CC(=O)c1cc(F)c(F)c(F)c1F. The van der Waals surface area contributed by atoms with Crippen LogP contribution < -0.4 is 10.9 Å². The van der Waals surface area contributed by atoms with E-state index in [9.17, 15) is 49.9 Å². The van der Waals surface area contributed by atoms with Crippen LogP contribution in [-0.4, -0.2) is 39.7 Å². The van der Waals surface area contributed by atoms with Crippen molar-refractivity contribution >= 4 is 28.6 Å². The molecule has 15 heteroatoms. The molecule has 3 N–H and O–H groups in total. The summed E-state index contributed by atoms with van der Waals surface area (Å²) in [6, 6.07) is 0.593. The van der Waals surface area contributed by atoms with Crippen molar-refractivity contribution in [3.8, 4) is 0 Å². The number of aromatic nitrogens is 1. The van der Waals surface area contributed by atoms with Gasteiger partial charge in [-0.25, -0.2) is 35.5 Å². The van der Waals surface area contributed by atoms with Crippen LogP contribution in [0.3, 0.4) is 0 Å². The van der Waals surface area contributed by atoms with Gasteiger partial charge in [0.15, 0.2) is 46.5 Å². The van der Waals surface area contributed by atoms with Gasteiger partial charge in [0.05, 0.1) is 10.9 Å². The fourth-order valence-electron chi connectivity index (χ4n) is 2.73. The van der Waals surface area contributed by atoms with Crippen molar-refractivity contribution in [2.75, 3.05) is 12.5 Å². The molecule has 1 aromatic heterocycles. The Morgan fingerprint density at radius 3 is 1.89 bits per heavy atom. The molecule has 35 heavy (non-hydrogen) atoms. The highest BCUT2D eigenvalue weighted by molar-refractivity contribution is 6.05. The lowest BCUT2D eigenvalue weighted by atomic mass is 10.1. The number of carbonyl (C=O) groups excluding carboxylic acids is 1. The lowest BCUT2D eigenvalue weighted by Gasteiger charge is -2.12. The van der Waals surface area contributed by atoms with E-state index in [1.807, 2.05) is 0 Å². The number of carboxylic acid groups (broad SMARTS) is 2. The molecule has 3 aromatic rings. The van der Waals surface area contributed by atoms with Gasteiger partial charge in [0, 0.05) is 13.2 Å². The second-order valence-electron chi connectivity index (χ2n) is 6.49.